The molecule has 19 heavy (non-hydrogen) atoms. The first kappa shape index (κ1) is 14.1. The Morgan fingerprint density at radius 2 is 2.00 bits per heavy atom. The maximum absolute atomic E-state index is 12.1. The highest BCUT2D eigenvalue weighted by Crippen LogP contribution is 2.23. The molecule has 0 aliphatic carbocycles. The van der Waals surface area contributed by atoms with E-state index in [9.17, 15) is 9.90 Å². The van der Waals surface area contributed by atoms with Crippen molar-refractivity contribution in [2.24, 2.45) is 0 Å². The van der Waals surface area contributed by atoms with E-state index in [1.165, 1.54) is 6.07 Å². The van der Waals surface area contributed by atoms with Gasteiger partial charge < -0.3 is 10.4 Å². The molecular weight excluding hydrogens is 377 g/mol. The molecule has 3 nitrogen and oxygen atoms in total. The molecule has 1 amide bonds. The molecule has 98 valence electrons. The first-order chi connectivity index (χ1) is 8.97. The van der Waals surface area contributed by atoms with E-state index < -0.39 is 0 Å². The lowest BCUT2D eigenvalue weighted by atomic mass is 10.1. The average molecular weight is 388 g/mol. The summed E-state index contributed by atoms with van der Waals surface area (Å²) in [6, 6.07) is 9.94. The number of anilines is 1. The van der Waals surface area contributed by atoms with Crippen molar-refractivity contribution in [1.29, 1.82) is 0 Å². The molecule has 0 bridgehead atoms. The van der Waals surface area contributed by atoms with Gasteiger partial charge in [-0.25, -0.2) is 0 Å². The fraction of sp³-hybridized carbons (Fsp3) is 0.0714. The number of benzene rings is 2. The number of amides is 1. The average Bonchev–Trinajstić information content (AvgIpc) is 2.36. The highest BCUT2D eigenvalue weighted by molar-refractivity contribution is 14.1. The van der Waals surface area contributed by atoms with Gasteiger partial charge >= 0.3 is 0 Å². The number of rotatable bonds is 2. The second-order valence-corrected chi connectivity index (χ2v) is 5.65. The Morgan fingerprint density at radius 1 is 1.26 bits per heavy atom. The molecule has 5 heteroatoms. The lowest BCUT2D eigenvalue weighted by Crippen LogP contribution is -2.12. The van der Waals surface area contributed by atoms with E-state index in [0.717, 1.165) is 9.13 Å². The third-order valence-electron chi connectivity index (χ3n) is 2.64. The highest BCUT2D eigenvalue weighted by Gasteiger charge is 2.09. The molecule has 2 aromatic rings. The van der Waals surface area contributed by atoms with E-state index in [0.29, 0.717) is 16.3 Å². The Bertz CT molecular complexity index is 643. The van der Waals surface area contributed by atoms with Crippen LogP contribution in [0.5, 0.6) is 5.75 Å². The van der Waals surface area contributed by atoms with Crippen LogP contribution in [0.1, 0.15) is 15.9 Å². The molecule has 2 rings (SSSR count). The highest BCUT2D eigenvalue weighted by atomic mass is 127. The number of hydrogen-bond donors (Lipinski definition) is 2. The van der Waals surface area contributed by atoms with Crippen molar-refractivity contribution in [3.63, 3.8) is 0 Å². The second-order valence-electron chi connectivity index (χ2n) is 4.08. The van der Waals surface area contributed by atoms with Gasteiger partial charge in [-0.15, -0.1) is 0 Å². The van der Waals surface area contributed by atoms with Crippen molar-refractivity contribution in [2.75, 3.05) is 5.32 Å². The fourth-order valence-corrected chi connectivity index (χ4v) is 2.14. The van der Waals surface area contributed by atoms with Crippen molar-refractivity contribution in [2.45, 2.75) is 6.92 Å². The molecule has 0 unspecified atom stereocenters. The van der Waals surface area contributed by atoms with Crippen LogP contribution in [-0.4, -0.2) is 11.0 Å². The summed E-state index contributed by atoms with van der Waals surface area (Å²) in [6.45, 7) is 1.82. The van der Waals surface area contributed by atoms with Crippen LogP contribution >= 0.6 is 34.2 Å². The number of nitrogens with one attached hydrogen (secondary N) is 1. The van der Waals surface area contributed by atoms with Crippen LogP contribution in [-0.2, 0) is 0 Å². The predicted octanol–water partition coefficient (Wildman–Crippen LogP) is 4.21. The standard InChI is InChI=1S/C14H11ClINO2/c1-8-6-10(18)3-5-13(8)17-14(19)9-2-4-12(16)11(15)7-9/h2-7,18H,1H3,(H,17,19). The van der Waals surface area contributed by atoms with E-state index in [1.807, 2.05) is 6.92 Å². The minimum Gasteiger partial charge on any atom is -0.508 e. The number of phenolic OH excluding ortho intramolecular Hbond substituents is 1. The Balaban J connectivity index is 2.23. The first-order valence-corrected chi connectivity index (χ1v) is 6.99. The van der Waals surface area contributed by atoms with Crippen LogP contribution in [0, 0.1) is 10.5 Å². The third kappa shape index (κ3) is 3.39. The van der Waals surface area contributed by atoms with Gasteiger partial charge in [-0.2, -0.15) is 0 Å². The summed E-state index contributed by atoms with van der Waals surface area (Å²) in [7, 11) is 0. The molecule has 0 aliphatic rings. The van der Waals surface area contributed by atoms with Gasteiger partial charge in [0.25, 0.3) is 5.91 Å². The number of hydrogen-bond acceptors (Lipinski definition) is 2. The number of halogens is 2. The summed E-state index contributed by atoms with van der Waals surface area (Å²) in [5.74, 6) is -0.0556. The van der Waals surface area contributed by atoms with Gasteiger partial charge in [-0.3, -0.25) is 4.79 Å². The molecule has 0 atom stereocenters. The van der Waals surface area contributed by atoms with E-state index in [-0.39, 0.29) is 11.7 Å². The summed E-state index contributed by atoms with van der Waals surface area (Å²) < 4.78 is 0.900. The smallest absolute Gasteiger partial charge is 0.255 e. The van der Waals surface area contributed by atoms with Crippen molar-refractivity contribution < 1.29 is 9.90 Å². The predicted molar refractivity (Wildman–Crippen MR) is 85.0 cm³/mol. The number of aromatic hydroxyl groups is 1. The zero-order valence-electron chi connectivity index (χ0n) is 10.1. The molecule has 0 radical (unpaired) electrons. The van der Waals surface area contributed by atoms with E-state index in [1.54, 1.807) is 30.3 Å². The van der Waals surface area contributed by atoms with Gasteiger partial charge in [0.15, 0.2) is 0 Å². The minimum atomic E-state index is -0.230. The van der Waals surface area contributed by atoms with E-state index in [4.69, 9.17) is 11.6 Å². The fourth-order valence-electron chi connectivity index (χ4n) is 1.62. The normalized spacial score (nSPS) is 10.3. The van der Waals surface area contributed by atoms with Crippen LogP contribution in [0.4, 0.5) is 5.69 Å². The topological polar surface area (TPSA) is 49.3 Å². The van der Waals surface area contributed by atoms with Gasteiger partial charge in [-0.1, -0.05) is 11.6 Å². The molecule has 0 heterocycles. The van der Waals surface area contributed by atoms with Crippen LogP contribution in [0.2, 0.25) is 5.02 Å². The molecular formula is C14H11ClINO2. The Hall–Kier alpha value is -1.27. The lowest BCUT2D eigenvalue weighted by molar-refractivity contribution is 0.102. The number of carbonyl (C=O) groups excluding carboxylic acids is 1. The van der Waals surface area contributed by atoms with Crippen molar-refractivity contribution in [3.8, 4) is 5.75 Å². The van der Waals surface area contributed by atoms with Gasteiger partial charge in [0.05, 0.1) is 5.02 Å². The zero-order chi connectivity index (χ0) is 14.0. The quantitative estimate of drug-likeness (QED) is 0.599. The summed E-state index contributed by atoms with van der Waals surface area (Å²) in [5.41, 5.74) is 1.96. The Labute approximate surface area is 129 Å². The van der Waals surface area contributed by atoms with Crippen LogP contribution < -0.4 is 5.32 Å². The Morgan fingerprint density at radius 3 is 2.63 bits per heavy atom. The summed E-state index contributed by atoms with van der Waals surface area (Å²) in [6.07, 6.45) is 0. The maximum Gasteiger partial charge on any atom is 0.255 e. The summed E-state index contributed by atoms with van der Waals surface area (Å²) in [4.78, 5) is 12.1. The molecule has 0 aromatic heterocycles. The Kier molecular flexibility index (Phi) is 4.31. The van der Waals surface area contributed by atoms with Gasteiger partial charge in [0, 0.05) is 14.8 Å². The second kappa shape index (κ2) is 5.79. The van der Waals surface area contributed by atoms with E-state index >= 15 is 0 Å². The number of aryl methyl sites for hydroxylation is 1. The molecule has 0 spiro atoms. The lowest BCUT2D eigenvalue weighted by Gasteiger charge is -2.09. The van der Waals surface area contributed by atoms with Gasteiger partial charge in [-0.05, 0) is 71.5 Å². The molecule has 2 N–H and O–H groups in total. The van der Waals surface area contributed by atoms with Crippen molar-refractivity contribution in [1.82, 2.24) is 0 Å². The molecule has 0 saturated carbocycles. The monoisotopic (exact) mass is 387 g/mol. The maximum atomic E-state index is 12.1. The summed E-state index contributed by atoms with van der Waals surface area (Å²) >= 11 is 8.10. The van der Waals surface area contributed by atoms with Gasteiger partial charge in [0.1, 0.15) is 5.75 Å². The van der Waals surface area contributed by atoms with Gasteiger partial charge in [0.2, 0.25) is 0 Å². The van der Waals surface area contributed by atoms with Crippen LogP contribution in [0.3, 0.4) is 0 Å². The minimum absolute atomic E-state index is 0.174. The number of carbonyl (C=O) groups is 1. The molecule has 0 aliphatic heterocycles. The molecule has 0 fully saturated rings. The van der Waals surface area contributed by atoms with Crippen molar-refractivity contribution >= 4 is 45.8 Å². The van der Waals surface area contributed by atoms with Crippen LogP contribution in [0.15, 0.2) is 36.4 Å². The number of phenols is 1. The third-order valence-corrected chi connectivity index (χ3v) is 4.21. The zero-order valence-corrected chi connectivity index (χ0v) is 13.0. The van der Waals surface area contributed by atoms with E-state index in [2.05, 4.69) is 27.9 Å². The first-order valence-electron chi connectivity index (χ1n) is 5.53. The molecule has 2 aromatic carbocycles. The summed E-state index contributed by atoms with van der Waals surface area (Å²) in [5, 5.41) is 12.7. The largest absolute Gasteiger partial charge is 0.508 e. The van der Waals surface area contributed by atoms with Crippen molar-refractivity contribution in [3.05, 3.63) is 56.1 Å². The van der Waals surface area contributed by atoms with Crippen LogP contribution in [0.25, 0.3) is 0 Å². The molecule has 0 saturated heterocycles. The SMILES string of the molecule is Cc1cc(O)ccc1NC(=O)c1ccc(I)c(Cl)c1.